The average Bonchev–Trinajstić information content (AvgIpc) is 2.17. The van der Waals surface area contributed by atoms with Gasteiger partial charge in [-0.25, -0.2) is 0 Å². The van der Waals surface area contributed by atoms with Crippen molar-refractivity contribution in [2.24, 2.45) is 16.9 Å². The number of hydrogen-bond donors (Lipinski definition) is 2. The number of carbonyl (C=O) groups excluding carboxylic acids is 1. The van der Waals surface area contributed by atoms with Crippen molar-refractivity contribution >= 4 is 5.91 Å². The highest BCUT2D eigenvalue weighted by Crippen LogP contribution is 2.22. The van der Waals surface area contributed by atoms with E-state index >= 15 is 0 Å². The third-order valence-electron chi connectivity index (χ3n) is 2.88. The summed E-state index contributed by atoms with van der Waals surface area (Å²) in [6, 6.07) is 0. The molecule has 0 aromatic rings. The van der Waals surface area contributed by atoms with Crippen LogP contribution in [0.2, 0.25) is 0 Å². The second-order valence-corrected chi connectivity index (χ2v) is 4.29. The van der Waals surface area contributed by atoms with Crippen molar-refractivity contribution in [3.05, 3.63) is 0 Å². The first-order chi connectivity index (χ1) is 6.56. The summed E-state index contributed by atoms with van der Waals surface area (Å²) in [6.45, 7) is 4.40. The molecule has 0 heterocycles. The van der Waals surface area contributed by atoms with E-state index in [1.54, 1.807) is 0 Å². The molecule has 0 rings (SSSR count). The van der Waals surface area contributed by atoms with E-state index in [0.717, 1.165) is 12.8 Å². The van der Waals surface area contributed by atoms with Crippen LogP contribution < -0.4 is 11.5 Å². The molecule has 0 aromatic carbocycles. The molecule has 3 nitrogen and oxygen atoms in total. The molecule has 0 bridgehead atoms. The Kier molecular flexibility index (Phi) is 6.54. The van der Waals surface area contributed by atoms with Crippen LogP contribution in [-0.4, -0.2) is 12.5 Å². The maximum Gasteiger partial charge on any atom is 0.224 e. The number of amides is 1. The van der Waals surface area contributed by atoms with Gasteiger partial charge in [0.05, 0.1) is 5.41 Å². The van der Waals surface area contributed by atoms with Crippen molar-refractivity contribution in [2.75, 3.05) is 6.54 Å². The van der Waals surface area contributed by atoms with Gasteiger partial charge in [-0.2, -0.15) is 0 Å². The predicted octanol–water partition coefficient (Wildman–Crippen LogP) is 1.80. The maximum absolute atomic E-state index is 11.1. The lowest BCUT2D eigenvalue weighted by Crippen LogP contribution is -2.40. The first kappa shape index (κ1) is 13.4. The second-order valence-electron chi connectivity index (χ2n) is 4.29. The molecule has 0 fully saturated rings. The van der Waals surface area contributed by atoms with E-state index in [0.29, 0.717) is 6.54 Å². The van der Waals surface area contributed by atoms with Crippen LogP contribution in [0.1, 0.15) is 52.4 Å². The fraction of sp³-hybridized carbons (Fsp3) is 0.909. The fourth-order valence-electron chi connectivity index (χ4n) is 1.44. The minimum atomic E-state index is -0.494. The van der Waals surface area contributed by atoms with E-state index in [4.69, 9.17) is 11.5 Å². The molecule has 0 aliphatic rings. The Morgan fingerprint density at radius 3 is 2.21 bits per heavy atom. The number of primary amides is 1. The Morgan fingerprint density at radius 2 is 1.79 bits per heavy atom. The Hall–Kier alpha value is -0.570. The molecule has 4 N–H and O–H groups in total. The topological polar surface area (TPSA) is 69.1 Å². The number of carbonyl (C=O) groups is 1. The third kappa shape index (κ3) is 4.61. The molecule has 84 valence electrons. The van der Waals surface area contributed by atoms with Gasteiger partial charge in [0.2, 0.25) is 5.91 Å². The van der Waals surface area contributed by atoms with Gasteiger partial charge in [-0.05, 0) is 13.3 Å². The van der Waals surface area contributed by atoms with Crippen LogP contribution in [0.3, 0.4) is 0 Å². The summed E-state index contributed by atoms with van der Waals surface area (Å²) in [5.74, 6) is -0.268. The van der Waals surface area contributed by atoms with Gasteiger partial charge in [0.1, 0.15) is 0 Å². The number of unbranched alkanes of at least 4 members (excludes halogenated alkanes) is 4. The average molecular weight is 200 g/mol. The molecule has 1 amide bonds. The Balaban J connectivity index is 3.68. The molecule has 0 radical (unpaired) electrons. The van der Waals surface area contributed by atoms with Gasteiger partial charge in [-0.3, -0.25) is 4.79 Å². The van der Waals surface area contributed by atoms with Crippen molar-refractivity contribution in [1.82, 2.24) is 0 Å². The summed E-state index contributed by atoms with van der Waals surface area (Å²) < 4.78 is 0. The van der Waals surface area contributed by atoms with Gasteiger partial charge >= 0.3 is 0 Å². The normalized spacial score (nSPS) is 15.1. The molecule has 1 atom stereocenters. The molecule has 0 aromatic heterocycles. The molecule has 3 heteroatoms. The number of nitrogens with two attached hydrogens (primary N) is 2. The third-order valence-corrected chi connectivity index (χ3v) is 2.88. The molecule has 0 saturated heterocycles. The lowest BCUT2D eigenvalue weighted by molar-refractivity contribution is -0.126. The Morgan fingerprint density at radius 1 is 1.21 bits per heavy atom. The maximum atomic E-state index is 11.1. The van der Waals surface area contributed by atoms with Crippen LogP contribution >= 0.6 is 0 Å². The van der Waals surface area contributed by atoms with Gasteiger partial charge < -0.3 is 11.5 Å². The Bertz CT molecular complexity index is 171. The molecular formula is C11H24N2O. The van der Waals surface area contributed by atoms with Gasteiger partial charge in [0.25, 0.3) is 0 Å². The quantitative estimate of drug-likeness (QED) is 0.586. The highest BCUT2D eigenvalue weighted by atomic mass is 16.1. The van der Waals surface area contributed by atoms with E-state index in [1.165, 1.54) is 25.7 Å². The van der Waals surface area contributed by atoms with E-state index < -0.39 is 5.41 Å². The van der Waals surface area contributed by atoms with Crippen molar-refractivity contribution in [3.8, 4) is 0 Å². The van der Waals surface area contributed by atoms with Crippen LogP contribution in [0, 0.1) is 5.41 Å². The fourth-order valence-corrected chi connectivity index (χ4v) is 1.44. The van der Waals surface area contributed by atoms with E-state index in [2.05, 4.69) is 6.92 Å². The molecule has 0 aliphatic heterocycles. The smallest absolute Gasteiger partial charge is 0.224 e. The zero-order valence-corrected chi connectivity index (χ0v) is 9.51. The minimum Gasteiger partial charge on any atom is -0.369 e. The van der Waals surface area contributed by atoms with E-state index in [1.807, 2.05) is 6.92 Å². The zero-order chi connectivity index (χ0) is 11.0. The summed E-state index contributed by atoms with van der Waals surface area (Å²) in [4.78, 5) is 11.1. The molecule has 0 aliphatic carbocycles. The second kappa shape index (κ2) is 6.82. The minimum absolute atomic E-state index is 0.268. The first-order valence-electron chi connectivity index (χ1n) is 5.57. The van der Waals surface area contributed by atoms with E-state index in [9.17, 15) is 4.79 Å². The highest BCUT2D eigenvalue weighted by Gasteiger charge is 2.28. The number of rotatable bonds is 8. The summed E-state index contributed by atoms with van der Waals surface area (Å²) in [6.07, 6.45) is 6.81. The largest absolute Gasteiger partial charge is 0.369 e. The van der Waals surface area contributed by atoms with Crippen molar-refractivity contribution < 1.29 is 4.79 Å². The SMILES string of the molecule is CCCCCCCC(C)(CN)C(N)=O. The molecule has 0 saturated carbocycles. The van der Waals surface area contributed by atoms with Gasteiger partial charge in [0.15, 0.2) is 0 Å². The summed E-state index contributed by atoms with van der Waals surface area (Å²) in [7, 11) is 0. The number of hydrogen-bond acceptors (Lipinski definition) is 2. The van der Waals surface area contributed by atoms with Crippen LogP contribution in [0.15, 0.2) is 0 Å². The Labute approximate surface area is 87.2 Å². The molecule has 0 spiro atoms. The standard InChI is InChI=1S/C11H24N2O/c1-3-4-5-6-7-8-11(2,9-12)10(13)14/h3-9,12H2,1-2H3,(H2,13,14). The molecule has 1 unspecified atom stereocenters. The van der Waals surface area contributed by atoms with Crippen molar-refractivity contribution in [1.29, 1.82) is 0 Å². The van der Waals surface area contributed by atoms with Crippen LogP contribution in [0.25, 0.3) is 0 Å². The van der Waals surface area contributed by atoms with Crippen LogP contribution in [0.4, 0.5) is 0 Å². The lowest BCUT2D eigenvalue weighted by Gasteiger charge is -2.23. The molecular weight excluding hydrogens is 176 g/mol. The monoisotopic (exact) mass is 200 g/mol. The van der Waals surface area contributed by atoms with E-state index in [-0.39, 0.29) is 5.91 Å². The van der Waals surface area contributed by atoms with Gasteiger partial charge in [-0.1, -0.05) is 39.0 Å². The van der Waals surface area contributed by atoms with Gasteiger partial charge in [0, 0.05) is 6.54 Å². The zero-order valence-electron chi connectivity index (χ0n) is 9.51. The lowest BCUT2D eigenvalue weighted by atomic mass is 9.84. The highest BCUT2D eigenvalue weighted by molar-refractivity contribution is 5.80. The first-order valence-corrected chi connectivity index (χ1v) is 5.57. The van der Waals surface area contributed by atoms with Crippen molar-refractivity contribution in [3.63, 3.8) is 0 Å². The summed E-state index contributed by atoms with van der Waals surface area (Å²) >= 11 is 0. The predicted molar refractivity (Wildman–Crippen MR) is 59.7 cm³/mol. The summed E-state index contributed by atoms with van der Waals surface area (Å²) in [5, 5.41) is 0. The van der Waals surface area contributed by atoms with Crippen LogP contribution in [0.5, 0.6) is 0 Å². The van der Waals surface area contributed by atoms with Crippen molar-refractivity contribution in [2.45, 2.75) is 52.4 Å². The molecule has 14 heavy (non-hydrogen) atoms. The summed E-state index contributed by atoms with van der Waals surface area (Å²) in [5.41, 5.74) is 10.4. The van der Waals surface area contributed by atoms with Crippen LogP contribution in [-0.2, 0) is 4.79 Å². The van der Waals surface area contributed by atoms with Gasteiger partial charge in [-0.15, -0.1) is 0 Å².